The van der Waals surface area contributed by atoms with E-state index >= 15 is 0 Å². The van der Waals surface area contributed by atoms with Crippen molar-refractivity contribution in [2.45, 2.75) is 46.2 Å². The second kappa shape index (κ2) is 11.3. The molecule has 0 saturated carbocycles. The zero-order valence-electron chi connectivity index (χ0n) is 17.0. The maximum absolute atomic E-state index is 4.67. The Hall–Kier alpha value is -1.61. The van der Waals surface area contributed by atoms with E-state index in [4.69, 9.17) is 0 Å². The third kappa shape index (κ3) is 8.30. The van der Waals surface area contributed by atoms with Gasteiger partial charge in [-0.15, -0.1) is 24.0 Å². The molecule has 1 aromatic carbocycles. The Morgan fingerprint density at radius 2 is 2.04 bits per heavy atom. The van der Waals surface area contributed by atoms with Gasteiger partial charge < -0.3 is 16.0 Å². The minimum absolute atomic E-state index is 0. The summed E-state index contributed by atoms with van der Waals surface area (Å²) in [5.74, 6) is 0.834. The van der Waals surface area contributed by atoms with Crippen molar-refractivity contribution in [3.05, 3.63) is 48.3 Å². The third-order valence-corrected chi connectivity index (χ3v) is 3.87. The van der Waals surface area contributed by atoms with Gasteiger partial charge >= 0.3 is 0 Å². The van der Waals surface area contributed by atoms with Crippen molar-refractivity contribution in [2.75, 3.05) is 19.6 Å². The molecule has 6 nitrogen and oxygen atoms in total. The lowest BCUT2D eigenvalue weighted by molar-refractivity contribution is 0.432. The Balaban J connectivity index is 0.00000364. The van der Waals surface area contributed by atoms with Crippen LogP contribution in [0.15, 0.2) is 47.7 Å². The minimum atomic E-state index is 0. The average Bonchev–Trinajstić information content (AvgIpc) is 3.12. The molecular weight excluding hydrogens is 451 g/mol. The summed E-state index contributed by atoms with van der Waals surface area (Å²) in [7, 11) is 0. The van der Waals surface area contributed by atoms with Crippen molar-refractivity contribution in [1.82, 2.24) is 25.7 Å². The fourth-order valence-corrected chi connectivity index (χ4v) is 2.57. The van der Waals surface area contributed by atoms with E-state index in [1.54, 1.807) is 6.20 Å². The van der Waals surface area contributed by atoms with Gasteiger partial charge in [0.25, 0.3) is 0 Å². The van der Waals surface area contributed by atoms with Crippen molar-refractivity contribution < 1.29 is 0 Å². The largest absolute Gasteiger partial charge is 0.357 e. The summed E-state index contributed by atoms with van der Waals surface area (Å²) in [4.78, 5) is 4.67. The number of halogens is 1. The maximum atomic E-state index is 4.67. The van der Waals surface area contributed by atoms with E-state index in [1.165, 1.54) is 5.56 Å². The highest BCUT2D eigenvalue weighted by Crippen LogP contribution is 2.16. The summed E-state index contributed by atoms with van der Waals surface area (Å²) in [6, 6.07) is 10.4. The van der Waals surface area contributed by atoms with Gasteiger partial charge in [-0.1, -0.05) is 12.1 Å². The Morgan fingerprint density at radius 1 is 1.26 bits per heavy atom. The van der Waals surface area contributed by atoms with Gasteiger partial charge in [0.2, 0.25) is 0 Å². The van der Waals surface area contributed by atoms with Crippen molar-refractivity contribution in [3.63, 3.8) is 0 Å². The summed E-state index contributed by atoms with van der Waals surface area (Å²) >= 11 is 0. The smallest absolute Gasteiger partial charge is 0.191 e. The van der Waals surface area contributed by atoms with Crippen LogP contribution in [0.5, 0.6) is 0 Å². The molecule has 0 saturated heterocycles. The predicted octanol–water partition coefficient (Wildman–Crippen LogP) is 3.49. The highest BCUT2D eigenvalue weighted by Gasteiger charge is 2.10. The van der Waals surface area contributed by atoms with Crippen LogP contribution in [-0.4, -0.2) is 40.9 Å². The molecule has 27 heavy (non-hydrogen) atoms. The maximum Gasteiger partial charge on any atom is 0.191 e. The number of benzene rings is 1. The first-order chi connectivity index (χ1) is 12.4. The Kier molecular flexibility index (Phi) is 9.79. The standard InChI is InChI=1S/C20H32N6.HI/c1-6-21-19(22-12-13-23-20(3,4)5)25-16(2)17-9-7-10-18(15-17)26-14-8-11-24-26;/h7-11,14-16,23H,6,12-13H2,1-5H3,(H2,21,22,25);1H. The van der Waals surface area contributed by atoms with Crippen molar-refractivity contribution in [2.24, 2.45) is 4.99 Å². The quantitative estimate of drug-likeness (QED) is 0.244. The second-order valence-corrected chi connectivity index (χ2v) is 7.35. The van der Waals surface area contributed by atoms with Crippen LogP contribution in [0, 0.1) is 0 Å². The van der Waals surface area contributed by atoms with E-state index in [0.29, 0.717) is 0 Å². The molecule has 0 amide bonds. The molecule has 1 unspecified atom stereocenters. The van der Waals surface area contributed by atoms with E-state index in [9.17, 15) is 0 Å². The molecular formula is C20H33IN6. The summed E-state index contributed by atoms with van der Waals surface area (Å²) in [6.45, 7) is 13.1. The number of nitrogens with one attached hydrogen (secondary N) is 3. The fraction of sp³-hybridized carbons (Fsp3) is 0.500. The summed E-state index contributed by atoms with van der Waals surface area (Å²) < 4.78 is 1.87. The van der Waals surface area contributed by atoms with Crippen LogP contribution in [0.2, 0.25) is 0 Å². The van der Waals surface area contributed by atoms with Gasteiger partial charge in [-0.25, -0.2) is 4.68 Å². The Bertz CT molecular complexity index is 691. The lowest BCUT2D eigenvalue weighted by Crippen LogP contribution is -2.40. The molecule has 1 heterocycles. The van der Waals surface area contributed by atoms with Crippen LogP contribution >= 0.6 is 24.0 Å². The molecule has 0 aliphatic carbocycles. The molecule has 0 bridgehead atoms. The molecule has 1 aromatic heterocycles. The van der Waals surface area contributed by atoms with Crippen LogP contribution in [-0.2, 0) is 0 Å². The van der Waals surface area contributed by atoms with Crippen molar-refractivity contribution >= 4 is 29.9 Å². The average molecular weight is 484 g/mol. The van der Waals surface area contributed by atoms with Gasteiger partial charge in [0, 0.05) is 31.0 Å². The van der Waals surface area contributed by atoms with E-state index < -0.39 is 0 Å². The Labute approximate surface area is 180 Å². The molecule has 0 radical (unpaired) electrons. The monoisotopic (exact) mass is 484 g/mol. The molecule has 2 rings (SSSR count). The van der Waals surface area contributed by atoms with Crippen LogP contribution in [0.3, 0.4) is 0 Å². The van der Waals surface area contributed by atoms with Crippen LogP contribution in [0.4, 0.5) is 0 Å². The van der Waals surface area contributed by atoms with Gasteiger partial charge in [0.15, 0.2) is 5.96 Å². The molecule has 0 aliphatic heterocycles. The summed E-state index contributed by atoms with van der Waals surface area (Å²) in [5, 5.41) is 14.6. The molecule has 7 heteroatoms. The van der Waals surface area contributed by atoms with Crippen LogP contribution in [0.25, 0.3) is 5.69 Å². The Morgan fingerprint density at radius 3 is 2.67 bits per heavy atom. The number of hydrogen-bond acceptors (Lipinski definition) is 3. The first-order valence-electron chi connectivity index (χ1n) is 9.29. The lowest BCUT2D eigenvalue weighted by Gasteiger charge is -2.21. The highest BCUT2D eigenvalue weighted by molar-refractivity contribution is 14.0. The number of rotatable bonds is 7. The zero-order chi connectivity index (χ0) is 19.0. The second-order valence-electron chi connectivity index (χ2n) is 7.35. The first-order valence-corrected chi connectivity index (χ1v) is 9.29. The molecule has 2 aromatic rings. The fourth-order valence-electron chi connectivity index (χ4n) is 2.57. The highest BCUT2D eigenvalue weighted by atomic mass is 127. The van der Waals surface area contributed by atoms with E-state index in [2.05, 4.69) is 84.9 Å². The van der Waals surface area contributed by atoms with Crippen LogP contribution < -0.4 is 16.0 Å². The van der Waals surface area contributed by atoms with Gasteiger partial charge in [0.05, 0.1) is 18.3 Å². The molecule has 150 valence electrons. The third-order valence-electron chi connectivity index (χ3n) is 3.87. The van der Waals surface area contributed by atoms with Gasteiger partial charge in [-0.3, -0.25) is 4.99 Å². The normalized spacial score (nSPS) is 13.0. The topological polar surface area (TPSA) is 66.3 Å². The molecule has 0 spiro atoms. The summed E-state index contributed by atoms with van der Waals surface area (Å²) in [5.41, 5.74) is 2.36. The van der Waals surface area contributed by atoms with Gasteiger partial charge in [-0.2, -0.15) is 5.10 Å². The SMILES string of the molecule is CCNC(=NCCNC(C)(C)C)NC(C)c1cccc(-n2cccn2)c1.I. The first kappa shape index (κ1) is 23.4. The molecule has 0 aliphatic rings. The lowest BCUT2D eigenvalue weighted by atomic mass is 10.1. The van der Waals surface area contributed by atoms with E-state index in [-0.39, 0.29) is 35.6 Å². The molecule has 1 atom stereocenters. The van der Waals surface area contributed by atoms with Crippen molar-refractivity contribution in [1.29, 1.82) is 0 Å². The predicted molar refractivity (Wildman–Crippen MR) is 124 cm³/mol. The summed E-state index contributed by atoms with van der Waals surface area (Å²) in [6.07, 6.45) is 3.74. The number of aliphatic imine (C=N–C) groups is 1. The number of guanidine groups is 1. The minimum Gasteiger partial charge on any atom is -0.357 e. The zero-order valence-corrected chi connectivity index (χ0v) is 19.3. The molecule has 3 N–H and O–H groups in total. The van der Waals surface area contributed by atoms with E-state index in [0.717, 1.165) is 31.3 Å². The molecule has 0 fully saturated rings. The number of nitrogens with zero attached hydrogens (tertiary/aromatic N) is 3. The van der Waals surface area contributed by atoms with Crippen LogP contribution in [0.1, 0.15) is 46.2 Å². The van der Waals surface area contributed by atoms with Gasteiger partial charge in [0.1, 0.15) is 0 Å². The van der Waals surface area contributed by atoms with Crippen molar-refractivity contribution in [3.8, 4) is 5.69 Å². The number of hydrogen-bond donors (Lipinski definition) is 3. The van der Waals surface area contributed by atoms with E-state index in [1.807, 2.05) is 16.9 Å². The van der Waals surface area contributed by atoms with Gasteiger partial charge in [-0.05, 0) is 58.4 Å². The number of aromatic nitrogens is 2.